The van der Waals surface area contributed by atoms with Crippen molar-refractivity contribution in [3.8, 4) is 5.69 Å². The van der Waals surface area contributed by atoms with Crippen molar-refractivity contribution in [3.63, 3.8) is 0 Å². The number of rotatable bonds is 4. The van der Waals surface area contributed by atoms with Crippen molar-refractivity contribution in [2.45, 2.75) is 65.2 Å². The van der Waals surface area contributed by atoms with Crippen LogP contribution >= 0.6 is 0 Å². The fraction of sp³-hybridized carbons (Fsp3) is 0.429. The first-order valence-electron chi connectivity index (χ1n) is 12.2. The quantitative estimate of drug-likeness (QED) is 0.339. The minimum atomic E-state index is -0.194. The molecule has 6 heteroatoms. The van der Waals surface area contributed by atoms with Gasteiger partial charge in [0, 0.05) is 22.2 Å². The fourth-order valence-corrected chi connectivity index (χ4v) is 5.80. The largest absolute Gasteiger partial charge is 0.469 e. The molecule has 5 rings (SSSR count). The summed E-state index contributed by atoms with van der Waals surface area (Å²) >= 11 is 0. The summed E-state index contributed by atoms with van der Waals surface area (Å²) in [6.07, 6.45) is 3.56. The lowest BCUT2D eigenvalue weighted by molar-refractivity contribution is -0.146. The molecule has 0 spiro atoms. The molecule has 0 atom stereocenters. The van der Waals surface area contributed by atoms with Crippen molar-refractivity contribution in [3.05, 3.63) is 58.7 Å². The minimum absolute atomic E-state index is 0.0150. The fourth-order valence-electron chi connectivity index (χ4n) is 5.80. The number of fused-ring (bicyclic) bond motifs is 2. The summed E-state index contributed by atoms with van der Waals surface area (Å²) in [7, 11) is 1.47. The number of carbonyl (C=O) groups excluding carboxylic acids is 1. The number of carbonyl (C=O) groups is 1. The summed E-state index contributed by atoms with van der Waals surface area (Å²) in [4.78, 5) is 12.1. The average molecular weight is 462 g/mol. The molecular weight excluding hydrogens is 429 g/mol. The Labute approximate surface area is 199 Å². The summed E-state index contributed by atoms with van der Waals surface area (Å²) in [6, 6.07) is 9.81. The maximum atomic E-state index is 14.2. The topological polar surface area (TPSA) is 59.9 Å². The van der Waals surface area contributed by atoms with Crippen LogP contribution in [0.2, 0.25) is 0 Å². The van der Waals surface area contributed by atoms with Crippen LogP contribution in [-0.4, -0.2) is 27.8 Å². The van der Waals surface area contributed by atoms with Crippen molar-refractivity contribution < 1.29 is 13.9 Å². The van der Waals surface area contributed by atoms with Crippen LogP contribution < -0.4 is 0 Å². The predicted octanol–water partition coefficient (Wildman–Crippen LogP) is 6.83. The van der Waals surface area contributed by atoms with Gasteiger partial charge in [0.15, 0.2) is 0 Å². The van der Waals surface area contributed by atoms with E-state index in [9.17, 15) is 9.18 Å². The van der Waals surface area contributed by atoms with Crippen LogP contribution in [0.25, 0.3) is 27.5 Å². The summed E-state index contributed by atoms with van der Waals surface area (Å²) in [6.45, 7) is 8.28. The van der Waals surface area contributed by atoms with Crippen LogP contribution in [0.15, 0.2) is 30.3 Å². The zero-order valence-electron chi connectivity index (χ0n) is 20.5. The Hall–Kier alpha value is -3.15. The number of aromatic nitrogens is 3. The molecule has 178 valence electrons. The maximum absolute atomic E-state index is 14.2. The number of nitrogens with zero attached hydrogens (tertiary/aromatic N) is 2. The lowest BCUT2D eigenvalue weighted by Crippen LogP contribution is -2.22. The highest BCUT2D eigenvalue weighted by Gasteiger charge is 2.32. The highest BCUT2D eigenvalue weighted by molar-refractivity contribution is 6.00. The van der Waals surface area contributed by atoms with Gasteiger partial charge in [-0.15, -0.1) is 0 Å². The van der Waals surface area contributed by atoms with Crippen LogP contribution in [0.4, 0.5) is 4.39 Å². The Morgan fingerprint density at radius 2 is 1.85 bits per heavy atom. The number of aromatic amines is 1. The van der Waals surface area contributed by atoms with Gasteiger partial charge in [-0.25, -0.2) is 4.39 Å². The lowest BCUT2D eigenvalue weighted by atomic mass is 9.77. The van der Waals surface area contributed by atoms with Crippen molar-refractivity contribution >= 4 is 27.8 Å². The SMILES string of the molecule is COC(=O)C1CCC(c2c(C(C)C)n(-c3ccc(F)c(C)c3)c3cc4c(C)n[nH]c4cc23)CC1. The third-order valence-electron chi connectivity index (χ3n) is 7.53. The van der Waals surface area contributed by atoms with Gasteiger partial charge in [-0.3, -0.25) is 9.89 Å². The molecule has 1 N–H and O–H groups in total. The Balaban J connectivity index is 1.76. The highest BCUT2D eigenvalue weighted by Crippen LogP contribution is 2.46. The number of benzene rings is 2. The predicted molar refractivity (Wildman–Crippen MR) is 133 cm³/mol. The van der Waals surface area contributed by atoms with Gasteiger partial charge in [0.25, 0.3) is 0 Å². The normalized spacial score (nSPS) is 18.8. The van der Waals surface area contributed by atoms with Gasteiger partial charge in [0.05, 0.1) is 29.8 Å². The second-order valence-electron chi connectivity index (χ2n) is 10.0. The molecule has 0 bridgehead atoms. The van der Waals surface area contributed by atoms with Gasteiger partial charge in [0.2, 0.25) is 0 Å². The summed E-state index contributed by atoms with van der Waals surface area (Å²) < 4.78 is 21.5. The smallest absolute Gasteiger partial charge is 0.308 e. The highest BCUT2D eigenvalue weighted by atomic mass is 19.1. The van der Waals surface area contributed by atoms with E-state index in [-0.39, 0.29) is 23.6 Å². The average Bonchev–Trinajstić information content (AvgIpc) is 3.36. The minimum Gasteiger partial charge on any atom is -0.469 e. The molecule has 5 nitrogen and oxygen atoms in total. The van der Waals surface area contributed by atoms with Crippen LogP contribution in [0.1, 0.15) is 73.9 Å². The number of halogens is 1. The van der Waals surface area contributed by atoms with Gasteiger partial charge in [-0.05, 0) is 92.8 Å². The second-order valence-corrected chi connectivity index (χ2v) is 10.0. The third kappa shape index (κ3) is 3.60. The van der Waals surface area contributed by atoms with E-state index >= 15 is 0 Å². The zero-order valence-corrected chi connectivity index (χ0v) is 20.5. The first-order valence-corrected chi connectivity index (χ1v) is 12.2. The van der Waals surface area contributed by atoms with E-state index < -0.39 is 0 Å². The van der Waals surface area contributed by atoms with E-state index in [0.29, 0.717) is 11.5 Å². The number of ether oxygens (including phenoxy) is 1. The number of H-pyrrole nitrogens is 1. The van der Waals surface area contributed by atoms with Crippen LogP contribution in [0, 0.1) is 25.6 Å². The molecule has 2 aromatic carbocycles. The van der Waals surface area contributed by atoms with Gasteiger partial charge < -0.3 is 9.30 Å². The van der Waals surface area contributed by atoms with Gasteiger partial charge in [-0.1, -0.05) is 13.8 Å². The lowest BCUT2D eigenvalue weighted by Gasteiger charge is -2.28. The Bertz CT molecular complexity index is 1390. The number of methoxy groups -OCH3 is 1. The molecule has 0 aliphatic heterocycles. The molecule has 0 radical (unpaired) electrons. The summed E-state index contributed by atoms with van der Waals surface area (Å²) in [5, 5.41) is 9.92. The van der Waals surface area contributed by atoms with E-state index in [2.05, 4.69) is 40.7 Å². The van der Waals surface area contributed by atoms with E-state index in [4.69, 9.17) is 4.74 Å². The number of hydrogen-bond donors (Lipinski definition) is 1. The third-order valence-corrected chi connectivity index (χ3v) is 7.53. The molecule has 1 aliphatic carbocycles. The Morgan fingerprint density at radius 3 is 2.50 bits per heavy atom. The van der Waals surface area contributed by atoms with Gasteiger partial charge in [0.1, 0.15) is 5.82 Å². The molecule has 1 aliphatic rings. The Morgan fingerprint density at radius 1 is 1.12 bits per heavy atom. The number of nitrogens with one attached hydrogen (secondary N) is 1. The molecule has 34 heavy (non-hydrogen) atoms. The molecule has 0 unspecified atom stereocenters. The van der Waals surface area contributed by atoms with E-state index in [0.717, 1.165) is 53.5 Å². The number of aryl methyl sites for hydroxylation is 2. The molecule has 0 amide bonds. The molecule has 0 saturated heterocycles. The van der Waals surface area contributed by atoms with Crippen LogP contribution in [0.3, 0.4) is 0 Å². The van der Waals surface area contributed by atoms with Crippen molar-refractivity contribution in [1.82, 2.24) is 14.8 Å². The standard InChI is InChI=1S/C28H32FN3O2/c1-15(2)27-26(18-6-8-19(9-7-18)28(33)34-5)22-13-24-21(17(4)30-31-24)14-25(22)32(27)20-10-11-23(29)16(3)12-20/h10-15,18-19H,6-9H2,1-5H3,(H,30,31). The van der Waals surface area contributed by atoms with Crippen LogP contribution in [-0.2, 0) is 9.53 Å². The van der Waals surface area contributed by atoms with E-state index in [1.807, 2.05) is 26.0 Å². The molecule has 1 saturated carbocycles. The first kappa shape index (κ1) is 22.6. The monoisotopic (exact) mass is 461 g/mol. The van der Waals surface area contributed by atoms with Gasteiger partial charge in [-0.2, -0.15) is 5.10 Å². The molecular formula is C28H32FN3O2. The summed E-state index contributed by atoms with van der Waals surface area (Å²) in [5.74, 6) is 0.315. The second kappa shape index (κ2) is 8.57. The van der Waals surface area contributed by atoms with E-state index in [1.165, 1.54) is 23.8 Å². The van der Waals surface area contributed by atoms with E-state index in [1.54, 1.807) is 6.07 Å². The molecule has 1 fully saturated rings. The molecule has 2 heterocycles. The van der Waals surface area contributed by atoms with Crippen molar-refractivity contribution in [1.29, 1.82) is 0 Å². The molecule has 2 aromatic heterocycles. The Kier molecular flexibility index (Phi) is 5.70. The van der Waals surface area contributed by atoms with Gasteiger partial charge >= 0.3 is 5.97 Å². The first-order chi connectivity index (χ1) is 16.3. The number of esters is 1. The van der Waals surface area contributed by atoms with Crippen LogP contribution in [0.5, 0.6) is 0 Å². The summed E-state index contributed by atoms with van der Waals surface area (Å²) in [5.41, 5.74) is 7.34. The maximum Gasteiger partial charge on any atom is 0.308 e. The zero-order chi connectivity index (χ0) is 24.1. The van der Waals surface area contributed by atoms with Crippen molar-refractivity contribution in [2.24, 2.45) is 5.92 Å². The number of hydrogen-bond acceptors (Lipinski definition) is 3. The molecule has 4 aromatic rings. The van der Waals surface area contributed by atoms with Crippen molar-refractivity contribution in [2.75, 3.05) is 7.11 Å².